The van der Waals surface area contributed by atoms with Crippen molar-refractivity contribution in [3.8, 4) is 0 Å². The average molecular weight is 333 g/mol. The maximum absolute atomic E-state index is 6.08. The standard InChI is InChI=1S/C12H18Cl2N4OSi/c1-8-9-10(13)15-12(14)16-11(9)18(17-8)7-19-5-6-20(2,3)4/h5-7H2,1-4H3. The summed E-state index contributed by atoms with van der Waals surface area (Å²) in [6.45, 7) is 9.88. The van der Waals surface area contributed by atoms with Crippen LogP contribution in [0.25, 0.3) is 11.0 Å². The molecule has 0 atom stereocenters. The SMILES string of the molecule is Cc1nn(COCC[Si](C)(C)C)c2nc(Cl)nc(Cl)c12. The van der Waals surface area contributed by atoms with Crippen LogP contribution in [0.5, 0.6) is 0 Å². The van der Waals surface area contributed by atoms with Crippen molar-refractivity contribution in [2.24, 2.45) is 0 Å². The Balaban J connectivity index is 2.15. The van der Waals surface area contributed by atoms with Gasteiger partial charge in [-0.05, 0) is 24.6 Å². The third-order valence-electron chi connectivity index (χ3n) is 2.91. The molecular formula is C12H18Cl2N4OSi. The van der Waals surface area contributed by atoms with Gasteiger partial charge in [0.25, 0.3) is 0 Å². The molecular weight excluding hydrogens is 315 g/mol. The third-order valence-corrected chi connectivity index (χ3v) is 5.05. The summed E-state index contributed by atoms with van der Waals surface area (Å²) in [4.78, 5) is 8.12. The zero-order valence-electron chi connectivity index (χ0n) is 12.1. The zero-order chi connectivity index (χ0) is 14.9. The van der Waals surface area contributed by atoms with Gasteiger partial charge >= 0.3 is 0 Å². The lowest BCUT2D eigenvalue weighted by molar-refractivity contribution is 0.0810. The van der Waals surface area contributed by atoms with Gasteiger partial charge < -0.3 is 4.74 Å². The number of rotatable bonds is 5. The molecule has 0 radical (unpaired) electrons. The fraction of sp³-hybridized carbons (Fsp3) is 0.583. The topological polar surface area (TPSA) is 52.8 Å². The van der Waals surface area contributed by atoms with E-state index in [9.17, 15) is 0 Å². The minimum absolute atomic E-state index is 0.116. The summed E-state index contributed by atoms with van der Waals surface area (Å²) in [6.07, 6.45) is 0. The molecule has 0 saturated carbocycles. The van der Waals surface area contributed by atoms with Crippen molar-refractivity contribution in [3.05, 3.63) is 16.1 Å². The largest absolute Gasteiger partial charge is 0.359 e. The molecule has 2 heterocycles. The van der Waals surface area contributed by atoms with Gasteiger partial charge in [0.1, 0.15) is 11.9 Å². The van der Waals surface area contributed by atoms with Crippen LogP contribution >= 0.6 is 23.2 Å². The highest BCUT2D eigenvalue weighted by atomic mass is 35.5. The molecule has 0 unspecified atom stereocenters. The molecule has 0 bridgehead atoms. The van der Waals surface area contributed by atoms with E-state index >= 15 is 0 Å². The van der Waals surface area contributed by atoms with E-state index in [0.29, 0.717) is 17.5 Å². The van der Waals surface area contributed by atoms with Crippen molar-refractivity contribution in [1.82, 2.24) is 19.7 Å². The number of ether oxygens (including phenoxy) is 1. The fourth-order valence-corrected chi connectivity index (χ4v) is 3.06. The molecule has 0 N–H and O–H groups in total. The van der Waals surface area contributed by atoms with Crippen LogP contribution in [-0.2, 0) is 11.5 Å². The second kappa shape index (κ2) is 5.97. The Labute approximate surface area is 129 Å². The van der Waals surface area contributed by atoms with Gasteiger partial charge in [-0.15, -0.1) is 0 Å². The minimum Gasteiger partial charge on any atom is -0.359 e. The second-order valence-corrected chi connectivity index (χ2v) is 12.2. The zero-order valence-corrected chi connectivity index (χ0v) is 14.6. The molecule has 2 rings (SSSR count). The van der Waals surface area contributed by atoms with Gasteiger partial charge in [-0.3, -0.25) is 0 Å². The van der Waals surface area contributed by atoms with Crippen LogP contribution in [0.3, 0.4) is 0 Å². The molecule has 2 aromatic heterocycles. The van der Waals surface area contributed by atoms with Gasteiger partial charge in [0.2, 0.25) is 5.28 Å². The Morgan fingerprint density at radius 2 is 1.90 bits per heavy atom. The van der Waals surface area contributed by atoms with Gasteiger partial charge in [-0.1, -0.05) is 31.2 Å². The smallest absolute Gasteiger partial charge is 0.225 e. The predicted octanol–water partition coefficient (Wildman–Crippen LogP) is 3.75. The van der Waals surface area contributed by atoms with Gasteiger partial charge in [0.05, 0.1) is 11.1 Å². The summed E-state index contributed by atoms with van der Waals surface area (Å²) in [5.74, 6) is 0. The lowest BCUT2D eigenvalue weighted by atomic mass is 10.3. The molecule has 5 nitrogen and oxygen atoms in total. The lowest BCUT2D eigenvalue weighted by Gasteiger charge is -2.15. The first-order chi connectivity index (χ1) is 9.28. The summed E-state index contributed by atoms with van der Waals surface area (Å²) < 4.78 is 7.36. The highest BCUT2D eigenvalue weighted by Crippen LogP contribution is 2.25. The molecule has 0 saturated heterocycles. The molecule has 0 amide bonds. The molecule has 0 spiro atoms. The van der Waals surface area contributed by atoms with Crippen LogP contribution in [0.4, 0.5) is 0 Å². The van der Waals surface area contributed by atoms with E-state index in [1.165, 1.54) is 0 Å². The molecule has 0 aliphatic heterocycles. The minimum atomic E-state index is -1.08. The first-order valence-electron chi connectivity index (χ1n) is 6.42. The Morgan fingerprint density at radius 3 is 2.55 bits per heavy atom. The van der Waals surface area contributed by atoms with Gasteiger partial charge in [-0.25, -0.2) is 9.67 Å². The molecule has 2 aromatic rings. The van der Waals surface area contributed by atoms with Gasteiger partial charge in [-0.2, -0.15) is 10.1 Å². The van der Waals surface area contributed by atoms with E-state index in [2.05, 4.69) is 34.7 Å². The predicted molar refractivity (Wildman–Crippen MR) is 84.2 cm³/mol. The molecule has 0 aliphatic carbocycles. The van der Waals surface area contributed by atoms with Crippen molar-refractivity contribution in [2.45, 2.75) is 39.3 Å². The molecule has 110 valence electrons. The first kappa shape index (κ1) is 15.7. The van der Waals surface area contributed by atoms with Crippen molar-refractivity contribution >= 4 is 42.3 Å². The van der Waals surface area contributed by atoms with Crippen molar-refractivity contribution in [2.75, 3.05) is 6.61 Å². The maximum Gasteiger partial charge on any atom is 0.225 e. The third kappa shape index (κ3) is 3.69. The molecule has 20 heavy (non-hydrogen) atoms. The number of nitrogens with zero attached hydrogens (tertiary/aromatic N) is 4. The quantitative estimate of drug-likeness (QED) is 0.362. The summed E-state index contributed by atoms with van der Waals surface area (Å²) in [6, 6.07) is 1.11. The molecule has 0 aliphatic rings. The monoisotopic (exact) mass is 332 g/mol. The van der Waals surface area contributed by atoms with E-state index in [0.717, 1.165) is 23.7 Å². The van der Waals surface area contributed by atoms with Crippen LogP contribution < -0.4 is 0 Å². The normalized spacial score (nSPS) is 12.3. The number of aromatic nitrogens is 4. The first-order valence-corrected chi connectivity index (χ1v) is 10.9. The van der Waals surface area contributed by atoms with E-state index < -0.39 is 8.07 Å². The number of halogens is 2. The van der Waals surface area contributed by atoms with Gasteiger partial charge in [0, 0.05) is 14.7 Å². The molecule has 0 aromatic carbocycles. The Bertz CT molecular complexity index is 624. The maximum atomic E-state index is 6.08. The van der Waals surface area contributed by atoms with E-state index in [4.69, 9.17) is 27.9 Å². The van der Waals surface area contributed by atoms with Crippen molar-refractivity contribution in [1.29, 1.82) is 0 Å². The summed E-state index contributed by atoms with van der Waals surface area (Å²) >= 11 is 11.9. The fourth-order valence-electron chi connectivity index (χ4n) is 1.79. The van der Waals surface area contributed by atoms with Crippen LogP contribution in [0.15, 0.2) is 0 Å². The average Bonchev–Trinajstić information content (AvgIpc) is 2.60. The van der Waals surface area contributed by atoms with Crippen molar-refractivity contribution in [3.63, 3.8) is 0 Å². The number of hydrogen-bond acceptors (Lipinski definition) is 4. The molecule has 8 heteroatoms. The van der Waals surface area contributed by atoms with E-state index in [-0.39, 0.29) is 5.28 Å². The number of hydrogen-bond donors (Lipinski definition) is 0. The van der Waals surface area contributed by atoms with Crippen LogP contribution in [-0.4, -0.2) is 34.4 Å². The van der Waals surface area contributed by atoms with E-state index in [1.54, 1.807) is 4.68 Å². The van der Waals surface area contributed by atoms with Crippen LogP contribution in [0.1, 0.15) is 5.69 Å². The Hall–Kier alpha value is -0.693. The number of aryl methyl sites for hydroxylation is 1. The van der Waals surface area contributed by atoms with Gasteiger partial charge in [0.15, 0.2) is 5.65 Å². The summed E-state index contributed by atoms with van der Waals surface area (Å²) in [7, 11) is -1.08. The lowest BCUT2D eigenvalue weighted by Crippen LogP contribution is -2.22. The second-order valence-electron chi connectivity index (χ2n) is 5.92. The highest BCUT2D eigenvalue weighted by Gasteiger charge is 2.16. The van der Waals surface area contributed by atoms with Crippen LogP contribution in [0.2, 0.25) is 36.1 Å². The van der Waals surface area contributed by atoms with Crippen LogP contribution in [0, 0.1) is 6.92 Å². The van der Waals surface area contributed by atoms with Crippen molar-refractivity contribution < 1.29 is 4.74 Å². The highest BCUT2D eigenvalue weighted by molar-refractivity contribution is 6.76. The summed E-state index contributed by atoms with van der Waals surface area (Å²) in [5.41, 5.74) is 1.39. The Morgan fingerprint density at radius 1 is 1.20 bits per heavy atom. The number of fused-ring (bicyclic) bond motifs is 1. The Kier molecular flexibility index (Phi) is 4.68. The summed E-state index contributed by atoms with van der Waals surface area (Å²) in [5, 5.41) is 5.55. The van der Waals surface area contributed by atoms with E-state index in [1.807, 2.05) is 6.92 Å². The molecule has 0 fully saturated rings.